The van der Waals surface area contributed by atoms with Crippen LogP contribution in [0, 0.1) is 11.8 Å². The molecule has 5 nitrogen and oxygen atoms in total. The molecule has 1 aromatic heterocycles. The van der Waals surface area contributed by atoms with E-state index in [-0.39, 0.29) is 17.6 Å². The summed E-state index contributed by atoms with van der Waals surface area (Å²) in [5.41, 5.74) is 2.46. The smallest absolute Gasteiger partial charge is 0.227 e. The molecule has 1 aliphatic heterocycles. The monoisotopic (exact) mass is 350 g/mol. The van der Waals surface area contributed by atoms with E-state index >= 15 is 0 Å². The van der Waals surface area contributed by atoms with Gasteiger partial charge in [0.25, 0.3) is 0 Å². The number of benzene rings is 1. The highest BCUT2D eigenvalue weighted by atomic mass is 16.3. The second-order valence-corrected chi connectivity index (χ2v) is 6.97. The Kier molecular flexibility index (Phi) is 4.15. The second kappa shape index (κ2) is 6.48. The number of hydrogen-bond donors (Lipinski definition) is 1. The summed E-state index contributed by atoms with van der Waals surface area (Å²) in [5.74, 6) is 0.433. The molecule has 1 amide bonds. The molecule has 2 aromatic rings. The molecule has 26 heavy (non-hydrogen) atoms. The Hall–Kier alpha value is -2.82. The highest BCUT2D eigenvalue weighted by Crippen LogP contribution is 2.46. The van der Waals surface area contributed by atoms with Crippen LogP contribution in [0.5, 0.6) is 0 Å². The molecule has 0 bridgehead atoms. The third-order valence-corrected chi connectivity index (χ3v) is 5.11. The molecule has 0 unspecified atom stereocenters. The molecule has 1 aliphatic carbocycles. The molecule has 3 atom stereocenters. The van der Waals surface area contributed by atoms with Gasteiger partial charge in [-0.2, -0.15) is 0 Å². The van der Waals surface area contributed by atoms with Gasteiger partial charge in [0.1, 0.15) is 17.6 Å². The number of anilines is 2. The molecule has 4 rings (SSSR count). The first kappa shape index (κ1) is 16.6. The van der Waals surface area contributed by atoms with Crippen molar-refractivity contribution in [3.05, 3.63) is 60.2 Å². The Morgan fingerprint density at radius 1 is 1.27 bits per heavy atom. The summed E-state index contributed by atoms with van der Waals surface area (Å²) in [6, 6.07) is 10.8. The third-order valence-electron chi connectivity index (χ3n) is 5.11. The number of nitrogens with zero attached hydrogens (tertiary/aromatic N) is 1. The number of allylic oxidation sites excluding steroid dienone is 1. The fourth-order valence-corrected chi connectivity index (χ4v) is 4.01. The first-order chi connectivity index (χ1) is 12.6. The van der Waals surface area contributed by atoms with Crippen molar-refractivity contribution in [3.63, 3.8) is 0 Å². The van der Waals surface area contributed by atoms with E-state index in [0.29, 0.717) is 18.6 Å². The number of furan rings is 1. The number of fused-ring (bicyclic) bond motifs is 2. The maximum Gasteiger partial charge on any atom is 0.227 e. The van der Waals surface area contributed by atoms with Gasteiger partial charge in [0.2, 0.25) is 5.91 Å². The van der Waals surface area contributed by atoms with E-state index in [4.69, 9.17) is 4.42 Å². The van der Waals surface area contributed by atoms with Crippen LogP contribution in [0.1, 0.15) is 38.5 Å². The summed E-state index contributed by atoms with van der Waals surface area (Å²) in [7, 11) is 0. The fourth-order valence-electron chi connectivity index (χ4n) is 4.01. The molecule has 0 saturated carbocycles. The molecule has 5 heteroatoms. The maximum atomic E-state index is 13.0. The fraction of sp³-hybridized carbons (Fsp3) is 0.333. The minimum absolute atomic E-state index is 0.0340. The van der Waals surface area contributed by atoms with Crippen molar-refractivity contribution in [1.29, 1.82) is 0 Å². The zero-order chi connectivity index (χ0) is 18.3. The molecule has 2 heterocycles. The average Bonchev–Trinajstić information content (AvgIpc) is 3.10. The van der Waals surface area contributed by atoms with Gasteiger partial charge in [0.05, 0.1) is 23.6 Å². The van der Waals surface area contributed by atoms with Crippen LogP contribution in [0.4, 0.5) is 11.4 Å². The molecular formula is C21H22N2O3. The molecule has 0 radical (unpaired) electrons. The van der Waals surface area contributed by atoms with Gasteiger partial charge in [-0.1, -0.05) is 32.1 Å². The number of nitrogens with one attached hydrogen (secondary N) is 1. The predicted molar refractivity (Wildman–Crippen MR) is 99.7 cm³/mol. The van der Waals surface area contributed by atoms with Crippen molar-refractivity contribution in [2.24, 2.45) is 11.8 Å². The van der Waals surface area contributed by atoms with E-state index in [9.17, 15) is 9.59 Å². The van der Waals surface area contributed by atoms with Gasteiger partial charge in [-0.05, 0) is 30.2 Å². The van der Waals surface area contributed by atoms with Crippen molar-refractivity contribution >= 4 is 23.1 Å². The van der Waals surface area contributed by atoms with E-state index < -0.39 is 12.0 Å². The predicted octanol–water partition coefficient (Wildman–Crippen LogP) is 4.30. The number of carbonyl (C=O) groups excluding carboxylic acids is 2. The molecule has 0 fully saturated rings. The van der Waals surface area contributed by atoms with Gasteiger partial charge >= 0.3 is 0 Å². The minimum Gasteiger partial charge on any atom is -0.467 e. The van der Waals surface area contributed by atoms with E-state index in [1.807, 2.05) is 44.2 Å². The van der Waals surface area contributed by atoms with Gasteiger partial charge in [-0.15, -0.1) is 0 Å². The summed E-state index contributed by atoms with van der Waals surface area (Å²) in [6.45, 7) is 3.88. The molecule has 134 valence electrons. The number of Topliss-reactive ketones (excluding diaryl/α,β-unsaturated/α-hetero) is 1. The Balaban J connectivity index is 1.97. The quantitative estimate of drug-likeness (QED) is 0.877. The highest BCUT2D eigenvalue weighted by Gasteiger charge is 2.45. The number of rotatable bonds is 2. The summed E-state index contributed by atoms with van der Waals surface area (Å²) in [4.78, 5) is 27.7. The van der Waals surface area contributed by atoms with Gasteiger partial charge in [-0.3, -0.25) is 14.5 Å². The number of hydrogen-bond acceptors (Lipinski definition) is 4. The van der Waals surface area contributed by atoms with Gasteiger partial charge < -0.3 is 9.73 Å². The Morgan fingerprint density at radius 2 is 2.08 bits per heavy atom. The number of amides is 1. The van der Waals surface area contributed by atoms with Crippen LogP contribution >= 0.6 is 0 Å². The van der Waals surface area contributed by atoms with Crippen LogP contribution in [-0.2, 0) is 9.59 Å². The summed E-state index contributed by atoms with van der Waals surface area (Å²) in [6.07, 6.45) is 4.52. The molecule has 0 saturated heterocycles. The Morgan fingerprint density at radius 3 is 2.81 bits per heavy atom. The summed E-state index contributed by atoms with van der Waals surface area (Å²) >= 11 is 0. The van der Waals surface area contributed by atoms with Crippen molar-refractivity contribution in [2.75, 3.05) is 10.2 Å². The SMILES string of the molecule is CCC(=O)N1c2ccccc2NC2=C[C@@H](C)CC(=O)[C@H]2[C@H]1c1ccco1. The van der Waals surface area contributed by atoms with Crippen LogP contribution < -0.4 is 10.2 Å². The molecular weight excluding hydrogens is 328 g/mol. The van der Waals surface area contributed by atoms with Crippen LogP contribution in [0.3, 0.4) is 0 Å². The minimum atomic E-state index is -0.486. The highest BCUT2D eigenvalue weighted by molar-refractivity contribution is 6.00. The largest absolute Gasteiger partial charge is 0.467 e. The third kappa shape index (κ3) is 2.64. The first-order valence-corrected chi connectivity index (χ1v) is 9.06. The van der Waals surface area contributed by atoms with Crippen LogP contribution in [0.15, 0.2) is 58.9 Å². The van der Waals surface area contributed by atoms with Crippen LogP contribution in [0.25, 0.3) is 0 Å². The van der Waals surface area contributed by atoms with Gasteiger partial charge in [-0.25, -0.2) is 0 Å². The van der Waals surface area contributed by atoms with Crippen LogP contribution in [0.2, 0.25) is 0 Å². The van der Waals surface area contributed by atoms with Crippen molar-refractivity contribution in [1.82, 2.24) is 0 Å². The van der Waals surface area contributed by atoms with E-state index in [1.165, 1.54) is 0 Å². The van der Waals surface area contributed by atoms with E-state index in [0.717, 1.165) is 17.1 Å². The summed E-state index contributed by atoms with van der Waals surface area (Å²) in [5, 5.41) is 3.43. The molecule has 2 aliphatic rings. The zero-order valence-electron chi connectivity index (χ0n) is 14.9. The topological polar surface area (TPSA) is 62.6 Å². The van der Waals surface area contributed by atoms with E-state index in [2.05, 4.69) is 11.4 Å². The van der Waals surface area contributed by atoms with Crippen LogP contribution in [-0.4, -0.2) is 11.7 Å². The van der Waals surface area contributed by atoms with Crippen molar-refractivity contribution in [3.8, 4) is 0 Å². The second-order valence-electron chi connectivity index (χ2n) is 6.97. The lowest BCUT2D eigenvalue weighted by atomic mass is 9.80. The zero-order valence-corrected chi connectivity index (χ0v) is 14.9. The normalized spacial score (nSPS) is 24.8. The van der Waals surface area contributed by atoms with Crippen molar-refractivity contribution in [2.45, 2.75) is 32.7 Å². The average molecular weight is 350 g/mol. The van der Waals surface area contributed by atoms with E-state index in [1.54, 1.807) is 17.2 Å². The number of para-hydroxylation sites is 2. The first-order valence-electron chi connectivity index (χ1n) is 9.06. The Labute approximate surface area is 152 Å². The van der Waals surface area contributed by atoms with Crippen molar-refractivity contribution < 1.29 is 14.0 Å². The standard InChI is InChI=1S/C21H22N2O3/c1-3-19(25)23-16-8-5-4-7-14(16)22-15-11-13(2)12-17(24)20(15)21(23)18-9-6-10-26-18/h4-11,13,20-22H,3,12H2,1-2H3/t13-,20+,21-/m1/s1. The van der Waals surface area contributed by atoms with Gasteiger partial charge in [0, 0.05) is 18.5 Å². The number of ketones is 1. The van der Waals surface area contributed by atoms with Gasteiger partial charge in [0.15, 0.2) is 0 Å². The molecule has 1 aromatic carbocycles. The molecule has 1 N–H and O–H groups in total. The lowest BCUT2D eigenvalue weighted by Crippen LogP contribution is -2.42. The lowest BCUT2D eigenvalue weighted by molar-refractivity contribution is -0.124. The molecule has 0 spiro atoms. The maximum absolute atomic E-state index is 13.0. The summed E-state index contributed by atoms with van der Waals surface area (Å²) < 4.78 is 5.69. The lowest BCUT2D eigenvalue weighted by Gasteiger charge is -2.35. The number of carbonyl (C=O) groups is 2. The Bertz CT molecular complexity index is 869.